The molecule has 78 valence electrons. The van der Waals surface area contributed by atoms with Crippen molar-refractivity contribution in [2.45, 2.75) is 33.1 Å². The van der Waals surface area contributed by atoms with E-state index in [9.17, 15) is 0 Å². The van der Waals surface area contributed by atoms with Crippen molar-refractivity contribution in [3.8, 4) is 0 Å². The first-order chi connectivity index (χ1) is 6.29. The number of rotatable bonds is 6. The van der Waals surface area contributed by atoms with Gasteiger partial charge >= 0.3 is 0 Å². The molecule has 0 aromatic carbocycles. The normalized spacial score (nSPS) is 18.7. The fourth-order valence-electron chi connectivity index (χ4n) is 1.82. The summed E-state index contributed by atoms with van der Waals surface area (Å²) >= 11 is 0. The molecule has 0 radical (unpaired) electrons. The predicted octanol–water partition coefficient (Wildman–Crippen LogP) is 1.72. The molecule has 0 unspecified atom stereocenters. The van der Waals surface area contributed by atoms with E-state index in [1.165, 1.54) is 52.0 Å². The van der Waals surface area contributed by atoms with E-state index >= 15 is 0 Å². The minimum Gasteiger partial charge on any atom is -0.316 e. The Hall–Kier alpha value is -0.0800. The molecular formula is C11H24N2. The minimum absolute atomic E-state index is 0.784. The Morgan fingerprint density at radius 2 is 1.92 bits per heavy atom. The summed E-state index contributed by atoms with van der Waals surface area (Å²) in [4.78, 5) is 2.58. The van der Waals surface area contributed by atoms with Crippen molar-refractivity contribution in [2.75, 3.05) is 32.7 Å². The fourth-order valence-corrected chi connectivity index (χ4v) is 1.82. The van der Waals surface area contributed by atoms with Crippen LogP contribution in [-0.4, -0.2) is 37.6 Å². The average molecular weight is 184 g/mol. The molecule has 2 nitrogen and oxygen atoms in total. The van der Waals surface area contributed by atoms with Gasteiger partial charge in [0.2, 0.25) is 0 Å². The Morgan fingerprint density at radius 3 is 2.54 bits per heavy atom. The van der Waals surface area contributed by atoms with Crippen molar-refractivity contribution in [3.05, 3.63) is 0 Å². The van der Waals surface area contributed by atoms with Crippen LogP contribution in [0, 0.1) is 5.92 Å². The standard InChI is InChI=1S/C11H24N2/c1-11(2)10-12-6-5-9-13-7-3-4-8-13/h11-12H,3-10H2,1-2H3. The van der Waals surface area contributed by atoms with Crippen molar-refractivity contribution in [1.29, 1.82) is 0 Å². The number of nitrogens with one attached hydrogen (secondary N) is 1. The summed E-state index contributed by atoms with van der Waals surface area (Å²) in [7, 11) is 0. The van der Waals surface area contributed by atoms with Gasteiger partial charge in [0.25, 0.3) is 0 Å². The van der Waals surface area contributed by atoms with Crippen molar-refractivity contribution in [2.24, 2.45) is 5.92 Å². The van der Waals surface area contributed by atoms with E-state index in [1.807, 2.05) is 0 Å². The van der Waals surface area contributed by atoms with Gasteiger partial charge in [-0.3, -0.25) is 0 Å². The SMILES string of the molecule is CC(C)CNCCCN1CCCC1. The molecule has 1 saturated heterocycles. The van der Waals surface area contributed by atoms with E-state index < -0.39 is 0 Å². The van der Waals surface area contributed by atoms with Crippen LogP contribution in [0.5, 0.6) is 0 Å². The highest BCUT2D eigenvalue weighted by atomic mass is 15.1. The Kier molecular flexibility index (Phi) is 5.40. The first-order valence-corrected chi connectivity index (χ1v) is 5.72. The Bertz CT molecular complexity index is 117. The van der Waals surface area contributed by atoms with E-state index in [-0.39, 0.29) is 0 Å². The number of hydrogen-bond acceptors (Lipinski definition) is 2. The third-order valence-electron chi connectivity index (χ3n) is 2.58. The highest BCUT2D eigenvalue weighted by Crippen LogP contribution is 2.06. The quantitative estimate of drug-likeness (QED) is 0.632. The average Bonchev–Trinajstić information content (AvgIpc) is 2.55. The third-order valence-corrected chi connectivity index (χ3v) is 2.58. The number of hydrogen-bond donors (Lipinski definition) is 1. The molecule has 2 heteroatoms. The van der Waals surface area contributed by atoms with Gasteiger partial charge in [0, 0.05) is 0 Å². The lowest BCUT2D eigenvalue weighted by Gasteiger charge is -2.14. The molecular weight excluding hydrogens is 160 g/mol. The molecule has 0 aliphatic carbocycles. The molecule has 1 rings (SSSR count). The molecule has 1 aliphatic rings. The van der Waals surface area contributed by atoms with Crippen molar-refractivity contribution in [3.63, 3.8) is 0 Å². The highest BCUT2D eigenvalue weighted by Gasteiger charge is 2.09. The summed E-state index contributed by atoms with van der Waals surface area (Å²) in [6.45, 7) is 10.8. The van der Waals surface area contributed by atoms with Crippen LogP contribution in [0.4, 0.5) is 0 Å². The van der Waals surface area contributed by atoms with E-state index in [0.717, 1.165) is 5.92 Å². The second-order valence-electron chi connectivity index (χ2n) is 4.50. The maximum atomic E-state index is 3.48. The maximum absolute atomic E-state index is 3.48. The molecule has 0 saturated carbocycles. The molecule has 0 aromatic heterocycles. The van der Waals surface area contributed by atoms with Gasteiger partial charge in [0.15, 0.2) is 0 Å². The Balaban J connectivity index is 1.83. The first-order valence-electron chi connectivity index (χ1n) is 5.72. The van der Waals surface area contributed by atoms with Gasteiger partial charge in [-0.1, -0.05) is 13.8 Å². The summed E-state index contributed by atoms with van der Waals surface area (Å²) in [5.41, 5.74) is 0. The Labute approximate surface area is 82.7 Å². The lowest BCUT2D eigenvalue weighted by molar-refractivity contribution is 0.330. The largest absolute Gasteiger partial charge is 0.316 e. The van der Waals surface area contributed by atoms with Gasteiger partial charge < -0.3 is 10.2 Å². The van der Waals surface area contributed by atoms with E-state index in [2.05, 4.69) is 24.1 Å². The lowest BCUT2D eigenvalue weighted by atomic mass is 10.2. The van der Waals surface area contributed by atoms with Gasteiger partial charge in [0.05, 0.1) is 0 Å². The van der Waals surface area contributed by atoms with Gasteiger partial charge in [-0.2, -0.15) is 0 Å². The molecule has 1 heterocycles. The molecule has 13 heavy (non-hydrogen) atoms. The van der Waals surface area contributed by atoms with Crippen LogP contribution in [-0.2, 0) is 0 Å². The molecule has 0 amide bonds. The van der Waals surface area contributed by atoms with Crippen LogP contribution < -0.4 is 5.32 Å². The van der Waals surface area contributed by atoms with Gasteiger partial charge in [-0.15, -0.1) is 0 Å². The Morgan fingerprint density at radius 1 is 1.23 bits per heavy atom. The summed E-state index contributed by atoms with van der Waals surface area (Å²) in [5.74, 6) is 0.784. The second-order valence-corrected chi connectivity index (χ2v) is 4.50. The molecule has 1 aliphatic heterocycles. The van der Waals surface area contributed by atoms with E-state index in [4.69, 9.17) is 0 Å². The molecule has 0 bridgehead atoms. The van der Waals surface area contributed by atoms with Crippen molar-refractivity contribution in [1.82, 2.24) is 10.2 Å². The van der Waals surface area contributed by atoms with Crippen LogP contribution in [0.15, 0.2) is 0 Å². The van der Waals surface area contributed by atoms with E-state index in [1.54, 1.807) is 0 Å². The van der Waals surface area contributed by atoms with Crippen molar-refractivity contribution >= 4 is 0 Å². The summed E-state index contributed by atoms with van der Waals surface area (Å²) < 4.78 is 0. The molecule has 0 atom stereocenters. The van der Waals surface area contributed by atoms with Crippen LogP contribution in [0.25, 0.3) is 0 Å². The van der Waals surface area contributed by atoms with Gasteiger partial charge in [-0.25, -0.2) is 0 Å². The summed E-state index contributed by atoms with van der Waals surface area (Å²) in [6.07, 6.45) is 4.14. The zero-order valence-corrected chi connectivity index (χ0v) is 9.18. The number of likely N-dealkylation sites (tertiary alicyclic amines) is 1. The van der Waals surface area contributed by atoms with Crippen LogP contribution in [0.2, 0.25) is 0 Å². The zero-order chi connectivity index (χ0) is 9.52. The molecule has 1 N–H and O–H groups in total. The summed E-state index contributed by atoms with van der Waals surface area (Å²) in [5, 5.41) is 3.48. The van der Waals surface area contributed by atoms with Crippen LogP contribution >= 0.6 is 0 Å². The predicted molar refractivity (Wildman–Crippen MR) is 58.0 cm³/mol. The fraction of sp³-hybridized carbons (Fsp3) is 1.00. The summed E-state index contributed by atoms with van der Waals surface area (Å²) in [6, 6.07) is 0. The van der Waals surface area contributed by atoms with Crippen LogP contribution in [0.1, 0.15) is 33.1 Å². The topological polar surface area (TPSA) is 15.3 Å². The molecule has 1 fully saturated rings. The second kappa shape index (κ2) is 6.39. The molecule has 0 aromatic rings. The smallest absolute Gasteiger partial charge is 0.000664 e. The maximum Gasteiger partial charge on any atom is -0.000664 e. The lowest BCUT2D eigenvalue weighted by Crippen LogP contribution is -2.26. The zero-order valence-electron chi connectivity index (χ0n) is 9.18. The molecule has 0 spiro atoms. The minimum atomic E-state index is 0.784. The van der Waals surface area contributed by atoms with Crippen LogP contribution in [0.3, 0.4) is 0 Å². The number of nitrogens with zero attached hydrogens (tertiary/aromatic N) is 1. The van der Waals surface area contributed by atoms with Gasteiger partial charge in [0.1, 0.15) is 0 Å². The first kappa shape index (κ1) is 11.0. The third kappa shape index (κ3) is 5.27. The monoisotopic (exact) mass is 184 g/mol. The highest BCUT2D eigenvalue weighted by molar-refractivity contribution is 4.66. The van der Waals surface area contributed by atoms with Gasteiger partial charge in [-0.05, 0) is 57.9 Å². The van der Waals surface area contributed by atoms with E-state index in [0.29, 0.717) is 0 Å². The van der Waals surface area contributed by atoms with Crippen molar-refractivity contribution < 1.29 is 0 Å².